The summed E-state index contributed by atoms with van der Waals surface area (Å²) in [4.78, 5) is 0. The summed E-state index contributed by atoms with van der Waals surface area (Å²) < 4.78 is 0. The molecule has 0 spiro atoms. The van der Waals surface area contributed by atoms with Crippen LogP contribution in [-0.2, 0) is 5.75 Å². The maximum atomic E-state index is 3.25. The van der Waals surface area contributed by atoms with Gasteiger partial charge in [-0.1, -0.05) is 56.3 Å². The Morgan fingerprint density at radius 1 is 0.957 bits per heavy atom. The van der Waals surface area contributed by atoms with Crippen molar-refractivity contribution in [1.29, 1.82) is 0 Å². The maximum absolute atomic E-state index is 3.25. The molecule has 124 valence electrons. The van der Waals surface area contributed by atoms with Crippen molar-refractivity contribution >= 4 is 17.4 Å². The molecule has 0 saturated carbocycles. The van der Waals surface area contributed by atoms with E-state index in [4.69, 9.17) is 0 Å². The van der Waals surface area contributed by atoms with Crippen molar-refractivity contribution in [2.24, 2.45) is 0 Å². The number of hydrogen-bond donors (Lipinski definition) is 3. The molecule has 3 rings (SSSR count). The van der Waals surface area contributed by atoms with Gasteiger partial charge in [0.05, 0.1) is 5.69 Å². The molecule has 1 unspecified atom stereocenters. The van der Waals surface area contributed by atoms with E-state index >= 15 is 0 Å². The molecule has 2 aromatic rings. The predicted octanol–water partition coefficient (Wildman–Crippen LogP) is 3.88. The number of benzene rings is 2. The first kappa shape index (κ1) is 17.8. The van der Waals surface area contributed by atoms with Crippen molar-refractivity contribution in [2.75, 3.05) is 5.01 Å². The number of hydrogen-bond acceptors (Lipinski definition) is 5. The molecule has 0 bridgehead atoms. The molecule has 1 saturated heterocycles. The van der Waals surface area contributed by atoms with Crippen molar-refractivity contribution < 1.29 is 0 Å². The van der Waals surface area contributed by atoms with Gasteiger partial charge in [-0.15, -0.1) is 11.8 Å². The third-order valence-corrected chi connectivity index (χ3v) is 4.76. The molecule has 1 atom stereocenters. The van der Waals surface area contributed by atoms with E-state index in [9.17, 15) is 0 Å². The minimum Gasteiger partial charge on any atom is -0.266 e. The number of thioether (sulfide) groups is 1. The summed E-state index contributed by atoms with van der Waals surface area (Å²) in [7, 11) is 0. The molecule has 4 nitrogen and oxygen atoms in total. The van der Waals surface area contributed by atoms with Crippen molar-refractivity contribution in [3.63, 3.8) is 0 Å². The second-order valence-corrected chi connectivity index (χ2v) is 6.20. The van der Waals surface area contributed by atoms with E-state index in [0.29, 0.717) is 0 Å². The van der Waals surface area contributed by atoms with E-state index in [1.54, 1.807) is 0 Å². The number of anilines is 1. The highest BCUT2D eigenvalue weighted by Gasteiger charge is 2.25. The van der Waals surface area contributed by atoms with Gasteiger partial charge in [0.2, 0.25) is 0 Å². The second kappa shape index (κ2) is 8.93. The Morgan fingerprint density at radius 3 is 2.30 bits per heavy atom. The summed E-state index contributed by atoms with van der Waals surface area (Å²) in [6.07, 6.45) is 0. The van der Waals surface area contributed by atoms with E-state index in [2.05, 4.69) is 83.9 Å². The molecule has 0 radical (unpaired) electrons. The van der Waals surface area contributed by atoms with Crippen LogP contribution in [0.1, 0.15) is 30.5 Å². The lowest BCUT2D eigenvalue weighted by Gasteiger charge is -2.25. The molecule has 0 aromatic heterocycles. The molecule has 2 aromatic carbocycles. The van der Waals surface area contributed by atoms with Crippen molar-refractivity contribution in [3.8, 4) is 0 Å². The standard InChI is InChI=1S/C16H20N4S.C2H6/c1-12-7-3-5-9-14(12)11-21-16-17-18-19-20(16)15-10-6-4-8-13(15)2;1-2/h3-10,16-19H,11H2,1-2H3;1-2H3. The lowest BCUT2D eigenvalue weighted by atomic mass is 10.1. The fraction of sp³-hybridized carbons (Fsp3) is 0.333. The SMILES string of the molecule is CC.Cc1ccccc1CSC1NNNN1c1ccccc1C. The Labute approximate surface area is 143 Å². The number of hydrazine groups is 3. The van der Waals surface area contributed by atoms with E-state index in [0.717, 1.165) is 5.75 Å². The number of aryl methyl sites for hydroxylation is 2. The molecule has 1 heterocycles. The highest BCUT2D eigenvalue weighted by molar-refractivity contribution is 7.99. The van der Waals surface area contributed by atoms with E-state index in [-0.39, 0.29) is 5.50 Å². The van der Waals surface area contributed by atoms with Crippen molar-refractivity contribution in [3.05, 3.63) is 65.2 Å². The van der Waals surface area contributed by atoms with Crippen LogP contribution in [0.15, 0.2) is 48.5 Å². The minimum absolute atomic E-state index is 0.144. The van der Waals surface area contributed by atoms with Crippen molar-refractivity contribution in [2.45, 2.75) is 38.9 Å². The molecule has 5 heteroatoms. The third kappa shape index (κ3) is 4.48. The van der Waals surface area contributed by atoms with Crippen LogP contribution in [0.5, 0.6) is 0 Å². The van der Waals surface area contributed by atoms with Gasteiger partial charge in [-0.25, -0.2) is 5.43 Å². The van der Waals surface area contributed by atoms with Gasteiger partial charge in [-0.2, -0.15) is 11.1 Å². The largest absolute Gasteiger partial charge is 0.266 e. The average molecular weight is 331 g/mol. The van der Waals surface area contributed by atoms with Gasteiger partial charge in [0.15, 0.2) is 5.50 Å². The summed E-state index contributed by atoms with van der Waals surface area (Å²) in [6, 6.07) is 16.9. The quantitative estimate of drug-likeness (QED) is 0.793. The van der Waals surface area contributed by atoms with Gasteiger partial charge in [-0.3, -0.25) is 5.01 Å². The van der Waals surface area contributed by atoms with Crippen molar-refractivity contribution in [1.82, 2.24) is 16.5 Å². The van der Waals surface area contributed by atoms with Gasteiger partial charge in [0.25, 0.3) is 0 Å². The molecule has 1 aliphatic rings. The first-order valence-corrected chi connectivity index (χ1v) is 9.08. The van der Waals surface area contributed by atoms with Crippen LogP contribution in [0.2, 0.25) is 0 Å². The predicted molar refractivity (Wildman–Crippen MR) is 101 cm³/mol. The average Bonchev–Trinajstić information content (AvgIpc) is 3.05. The summed E-state index contributed by atoms with van der Waals surface area (Å²) in [5, 5.41) is 2.12. The number of nitrogens with zero attached hydrogens (tertiary/aromatic N) is 1. The number of nitrogens with one attached hydrogen (secondary N) is 3. The first-order chi connectivity index (χ1) is 11.3. The topological polar surface area (TPSA) is 39.3 Å². The highest BCUT2D eigenvalue weighted by Crippen LogP contribution is 2.27. The monoisotopic (exact) mass is 330 g/mol. The van der Waals surface area contributed by atoms with Crippen LogP contribution in [0.4, 0.5) is 5.69 Å². The second-order valence-electron chi connectivity index (χ2n) is 5.13. The number of para-hydroxylation sites is 1. The van der Waals surface area contributed by atoms with E-state index in [1.165, 1.54) is 22.4 Å². The third-order valence-electron chi connectivity index (χ3n) is 3.64. The summed E-state index contributed by atoms with van der Waals surface area (Å²) in [6.45, 7) is 8.28. The molecule has 0 aliphatic carbocycles. The van der Waals surface area contributed by atoms with Gasteiger partial charge in [0.1, 0.15) is 0 Å². The Balaban J connectivity index is 0.000000924. The fourth-order valence-corrected chi connectivity index (χ4v) is 3.47. The fourth-order valence-electron chi connectivity index (χ4n) is 2.35. The first-order valence-electron chi connectivity index (χ1n) is 8.03. The minimum atomic E-state index is 0.144. The zero-order chi connectivity index (χ0) is 16.7. The molecule has 0 amide bonds. The smallest absolute Gasteiger partial charge is 0.157 e. The lowest BCUT2D eigenvalue weighted by molar-refractivity contribution is 0.579. The Morgan fingerprint density at radius 2 is 1.61 bits per heavy atom. The van der Waals surface area contributed by atoms with Crippen LogP contribution in [0, 0.1) is 13.8 Å². The summed E-state index contributed by atoms with van der Waals surface area (Å²) in [5.41, 5.74) is 14.7. The van der Waals surface area contributed by atoms with Gasteiger partial charge in [0, 0.05) is 5.75 Å². The summed E-state index contributed by atoms with van der Waals surface area (Å²) >= 11 is 1.85. The molecule has 1 aliphatic heterocycles. The van der Waals surface area contributed by atoms with Crippen LogP contribution >= 0.6 is 11.8 Å². The van der Waals surface area contributed by atoms with Crippen LogP contribution in [0.3, 0.4) is 0 Å². The molecular weight excluding hydrogens is 304 g/mol. The van der Waals surface area contributed by atoms with Crippen LogP contribution < -0.4 is 21.5 Å². The molecule has 1 fully saturated rings. The zero-order valence-electron chi connectivity index (χ0n) is 14.3. The molecular formula is C18H26N4S. The molecule has 3 N–H and O–H groups in total. The van der Waals surface area contributed by atoms with E-state index < -0.39 is 0 Å². The summed E-state index contributed by atoms with van der Waals surface area (Å²) in [5.74, 6) is 0.968. The van der Waals surface area contributed by atoms with E-state index in [1.807, 2.05) is 25.6 Å². The van der Waals surface area contributed by atoms with Gasteiger partial charge < -0.3 is 0 Å². The van der Waals surface area contributed by atoms with Gasteiger partial charge >= 0.3 is 0 Å². The Kier molecular flexibility index (Phi) is 6.92. The Hall–Kier alpha value is -1.53. The number of rotatable bonds is 4. The normalized spacial score (nSPS) is 16.9. The zero-order valence-corrected chi connectivity index (χ0v) is 15.1. The van der Waals surface area contributed by atoms with Gasteiger partial charge in [-0.05, 0) is 36.6 Å². The molecule has 23 heavy (non-hydrogen) atoms. The van der Waals surface area contributed by atoms with Crippen LogP contribution in [0.25, 0.3) is 0 Å². The lowest BCUT2D eigenvalue weighted by Crippen LogP contribution is -2.39. The highest BCUT2D eigenvalue weighted by atomic mass is 32.2. The van der Waals surface area contributed by atoms with Crippen LogP contribution in [-0.4, -0.2) is 5.50 Å². The maximum Gasteiger partial charge on any atom is 0.157 e. The Bertz CT molecular complexity index is 617.